The first-order valence-electron chi connectivity index (χ1n) is 11.0. The van der Waals surface area contributed by atoms with Gasteiger partial charge in [-0.05, 0) is 69.7 Å². The summed E-state index contributed by atoms with van der Waals surface area (Å²) in [5.74, 6) is -1.95. The molecule has 8 heteroatoms. The lowest BCUT2D eigenvalue weighted by atomic mass is 10.0. The molecule has 3 aliphatic rings. The van der Waals surface area contributed by atoms with Crippen LogP contribution in [0.15, 0.2) is 18.2 Å². The van der Waals surface area contributed by atoms with E-state index < -0.39 is 12.1 Å². The molecule has 0 aromatic heterocycles. The van der Waals surface area contributed by atoms with Crippen LogP contribution in [0.4, 0.5) is 18.9 Å². The van der Waals surface area contributed by atoms with Gasteiger partial charge in [0.2, 0.25) is 0 Å². The Balaban J connectivity index is 0.000000339. The van der Waals surface area contributed by atoms with Crippen molar-refractivity contribution in [2.24, 2.45) is 5.92 Å². The van der Waals surface area contributed by atoms with Gasteiger partial charge < -0.3 is 10.0 Å². The molecular weight excluding hydrogens is 409 g/mol. The summed E-state index contributed by atoms with van der Waals surface area (Å²) in [5, 5.41) is 7.12. The van der Waals surface area contributed by atoms with E-state index >= 15 is 0 Å². The Morgan fingerprint density at radius 1 is 1.13 bits per heavy atom. The summed E-state index contributed by atoms with van der Waals surface area (Å²) in [4.78, 5) is 26.2. The maximum absolute atomic E-state index is 12.0. The van der Waals surface area contributed by atoms with Gasteiger partial charge in [-0.15, -0.1) is 0 Å². The number of halogens is 3. The molecule has 2 saturated heterocycles. The maximum Gasteiger partial charge on any atom is 0.490 e. The summed E-state index contributed by atoms with van der Waals surface area (Å²) in [7, 11) is 0. The zero-order chi connectivity index (χ0) is 22.8. The van der Waals surface area contributed by atoms with Crippen LogP contribution >= 0.6 is 0 Å². The molecule has 4 rings (SSSR count). The molecule has 2 aliphatic heterocycles. The molecule has 1 aromatic rings. The average Bonchev–Trinajstić information content (AvgIpc) is 3.29. The number of ketones is 1. The van der Waals surface area contributed by atoms with Crippen LogP contribution in [-0.4, -0.2) is 59.7 Å². The summed E-state index contributed by atoms with van der Waals surface area (Å²) < 4.78 is 31.7. The minimum Gasteiger partial charge on any atom is -0.475 e. The lowest BCUT2D eigenvalue weighted by molar-refractivity contribution is -0.192. The molecule has 5 nitrogen and oxygen atoms in total. The third kappa shape index (κ3) is 6.21. The van der Waals surface area contributed by atoms with Crippen molar-refractivity contribution in [2.75, 3.05) is 24.5 Å². The van der Waals surface area contributed by atoms with Crippen molar-refractivity contribution in [3.8, 4) is 0 Å². The normalized spacial score (nSPS) is 24.1. The lowest BCUT2D eigenvalue weighted by Crippen LogP contribution is -2.39. The predicted octanol–water partition coefficient (Wildman–Crippen LogP) is 4.21. The number of aliphatic carboxylic acids is 1. The number of alkyl halides is 3. The molecule has 1 N–H and O–H groups in total. The zero-order valence-corrected chi connectivity index (χ0v) is 18.1. The minimum absolute atomic E-state index is 0.367. The SMILES string of the molecule is Cc1cc(CC(=O)C2CC2)ccc1N1CCC(N2CCCC2C)C1.O=C(O)C(F)(F)F. The number of anilines is 1. The quantitative estimate of drug-likeness (QED) is 0.743. The number of likely N-dealkylation sites (tertiary alicyclic amines) is 1. The second kappa shape index (κ2) is 9.59. The van der Waals surface area contributed by atoms with Crippen LogP contribution in [0, 0.1) is 12.8 Å². The zero-order valence-electron chi connectivity index (χ0n) is 18.1. The third-order valence-corrected chi connectivity index (χ3v) is 6.49. The molecule has 31 heavy (non-hydrogen) atoms. The fourth-order valence-electron chi connectivity index (χ4n) is 4.66. The van der Waals surface area contributed by atoms with E-state index in [1.807, 2.05) is 0 Å². The standard InChI is InChI=1S/C21H30N2O.C2HF3O2/c1-15-12-17(13-21(24)18-6-7-18)5-8-20(15)22-11-9-19(14-22)23-10-3-4-16(23)2;3-2(4,5)1(6)7/h5,8,12,16,18-19H,3-4,6-7,9-11,13-14H2,1-2H3;(H,6,7). The monoisotopic (exact) mass is 440 g/mol. The van der Waals surface area contributed by atoms with Crippen LogP contribution in [-0.2, 0) is 16.0 Å². The fourth-order valence-corrected chi connectivity index (χ4v) is 4.66. The Bertz CT molecular complexity index is 808. The molecule has 1 aliphatic carbocycles. The van der Waals surface area contributed by atoms with Crippen LogP contribution in [0.2, 0.25) is 0 Å². The number of carboxylic acid groups (broad SMARTS) is 1. The van der Waals surface area contributed by atoms with Crippen molar-refractivity contribution in [3.05, 3.63) is 29.3 Å². The summed E-state index contributed by atoms with van der Waals surface area (Å²) in [6, 6.07) is 8.14. The van der Waals surface area contributed by atoms with Crippen molar-refractivity contribution in [3.63, 3.8) is 0 Å². The lowest BCUT2D eigenvalue weighted by Gasteiger charge is -2.29. The van der Waals surface area contributed by atoms with Gasteiger partial charge in [0.05, 0.1) is 0 Å². The van der Waals surface area contributed by atoms with Gasteiger partial charge in [0.15, 0.2) is 0 Å². The Hall–Kier alpha value is -2.09. The number of hydrogen-bond donors (Lipinski definition) is 1. The summed E-state index contributed by atoms with van der Waals surface area (Å²) in [5.41, 5.74) is 3.88. The van der Waals surface area contributed by atoms with Crippen molar-refractivity contribution in [1.29, 1.82) is 0 Å². The second-order valence-electron chi connectivity index (χ2n) is 8.96. The number of carboxylic acids is 1. The summed E-state index contributed by atoms with van der Waals surface area (Å²) in [6.45, 7) is 8.18. The highest BCUT2D eigenvalue weighted by Crippen LogP contribution is 2.33. The minimum atomic E-state index is -5.08. The topological polar surface area (TPSA) is 60.9 Å². The number of Topliss-reactive ketones (excluding diaryl/α,β-unsaturated/α-hetero) is 1. The number of aryl methyl sites for hydroxylation is 1. The van der Waals surface area contributed by atoms with Crippen LogP contribution in [0.25, 0.3) is 0 Å². The predicted molar refractivity (Wildman–Crippen MR) is 112 cm³/mol. The second-order valence-corrected chi connectivity index (χ2v) is 8.96. The smallest absolute Gasteiger partial charge is 0.475 e. The highest BCUT2D eigenvalue weighted by atomic mass is 19.4. The molecular formula is C23H31F3N2O3. The average molecular weight is 441 g/mol. The Morgan fingerprint density at radius 2 is 1.81 bits per heavy atom. The molecule has 0 spiro atoms. The van der Waals surface area contributed by atoms with E-state index in [4.69, 9.17) is 9.90 Å². The molecule has 0 bridgehead atoms. The number of nitrogens with zero attached hydrogens (tertiary/aromatic N) is 2. The molecule has 2 unspecified atom stereocenters. The van der Waals surface area contributed by atoms with Crippen LogP contribution in [0.1, 0.15) is 50.2 Å². The Labute approximate surface area is 181 Å². The third-order valence-electron chi connectivity index (χ3n) is 6.49. The van der Waals surface area contributed by atoms with Crippen molar-refractivity contribution in [1.82, 2.24) is 4.90 Å². The van der Waals surface area contributed by atoms with Gasteiger partial charge in [-0.3, -0.25) is 9.69 Å². The van der Waals surface area contributed by atoms with E-state index in [2.05, 4.69) is 41.8 Å². The fraction of sp³-hybridized carbons (Fsp3) is 0.652. The van der Waals surface area contributed by atoms with Crippen molar-refractivity contribution >= 4 is 17.4 Å². The van der Waals surface area contributed by atoms with Gasteiger partial charge in [-0.1, -0.05) is 12.1 Å². The Kier molecular flexibility index (Phi) is 7.29. The van der Waals surface area contributed by atoms with Gasteiger partial charge >= 0.3 is 12.1 Å². The van der Waals surface area contributed by atoms with Crippen LogP contribution < -0.4 is 4.90 Å². The van der Waals surface area contributed by atoms with E-state index in [0.29, 0.717) is 18.1 Å². The van der Waals surface area contributed by atoms with Gasteiger partial charge in [0.1, 0.15) is 5.78 Å². The van der Waals surface area contributed by atoms with Gasteiger partial charge in [0.25, 0.3) is 0 Å². The summed E-state index contributed by atoms with van der Waals surface area (Å²) in [6.07, 6.45) is 1.77. The van der Waals surface area contributed by atoms with E-state index in [1.165, 1.54) is 42.6 Å². The summed E-state index contributed by atoms with van der Waals surface area (Å²) >= 11 is 0. The highest BCUT2D eigenvalue weighted by molar-refractivity contribution is 5.85. The first-order chi connectivity index (χ1) is 14.6. The van der Waals surface area contributed by atoms with Gasteiger partial charge in [0, 0.05) is 43.2 Å². The van der Waals surface area contributed by atoms with Gasteiger partial charge in [-0.2, -0.15) is 13.2 Å². The van der Waals surface area contributed by atoms with Crippen molar-refractivity contribution in [2.45, 2.75) is 70.6 Å². The molecule has 1 aromatic carbocycles. The van der Waals surface area contributed by atoms with Crippen LogP contribution in [0.3, 0.4) is 0 Å². The number of rotatable bonds is 5. The number of hydrogen-bond acceptors (Lipinski definition) is 4. The highest BCUT2D eigenvalue weighted by Gasteiger charge is 2.38. The van der Waals surface area contributed by atoms with E-state index in [1.54, 1.807) is 0 Å². The Morgan fingerprint density at radius 3 is 2.32 bits per heavy atom. The molecule has 1 saturated carbocycles. The first kappa shape index (κ1) is 23.6. The molecule has 0 amide bonds. The van der Waals surface area contributed by atoms with E-state index in [9.17, 15) is 18.0 Å². The van der Waals surface area contributed by atoms with Crippen LogP contribution in [0.5, 0.6) is 0 Å². The molecule has 2 atom stereocenters. The largest absolute Gasteiger partial charge is 0.490 e. The number of carbonyl (C=O) groups excluding carboxylic acids is 1. The first-order valence-corrected chi connectivity index (χ1v) is 11.0. The maximum atomic E-state index is 12.0. The number of carbonyl (C=O) groups is 2. The molecule has 3 fully saturated rings. The molecule has 172 valence electrons. The van der Waals surface area contributed by atoms with Gasteiger partial charge in [-0.25, -0.2) is 4.79 Å². The van der Waals surface area contributed by atoms with E-state index in [-0.39, 0.29) is 0 Å². The molecule has 2 heterocycles. The van der Waals surface area contributed by atoms with E-state index in [0.717, 1.165) is 38.0 Å². The van der Waals surface area contributed by atoms with Crippen molar-refractivity contribution < 1.29 is 27.9 Å². The molecule has 0 radical (unpaired) electrons. The number of benzene rings is 1.